The molecule has 3 N–H and O–H groups in total. The molecule has 140 valence electrons. The number of nitrogens with one attached hydrogen (secondary N) is 2. The normalized spacial score (nSPS) is 13.4. The molecule has 4 rings (SSSR count). The Bertz CT molecular complexity index is 1230. The summed E-state index contributed by atoms with van der Waals surface area (Å²) in [5.41, 5.74) is 2.29. The standard InChI is InChI=1S/C21H19N5O2/c1-25(2)14-10-8-13(9-11-14)12-16-18-17(21(28)23-20(16)27)19(22)26(24-18)15-6-4-3-5-7-15/h3-12,22,28H,1-2H3,(H,23,27). The molecule has 0 saturated carbocycles. The van der Waals surface area contributed by atoms with Gasteiger partial charge in [-0.3, -0.25) is 15.2 Å². The van der Waals surface area contributed by atoms with Crippen molar-refractivity contribution in [3.63, 3.8) is 0 Å². The number of aromatic nitrogens is 1. The van der Waals surface area contributed by atoms with Gasteiger partial charge < -0.3 is 10.0 Å². The van der Waals surface area contributed by atoms with Gasteiger partial charge in [-0.25, -0.2) is 5.01 Å². The highest BCUT2D eigenvalue weighted by Crippen LogP contribution is 2.21. The number of nitrogens with zero attached hydrogens (tertiary/aromatic N) is 3. The second kappa shape index (κ2) is 6.70. The third-order valence-electron chi connectivity index (χ3n) is 4.58. The summed E-state index contributed by atoms with van der Waals surface area (Å²) in [6, 6.07) is 16.9. The maximum Gasteiger partial charge on any atom is 0.260 e. The fraction of sp³-hybridized carbons (Fsp3) is 0.0952. The van der Waals surface area contributed by atoms with Crippen molar-refractivity contribution in [3.8, 4) is 5.88 Å². The van der Waals surface area contributed by atoms with E-state index in [0.29, 0.717) is 10.9 Å². The van der Waals surface area contributed by atoms with Gasteiger partial charge in [-0.15, -0.1) is 0 Å². The Morgan fingerprint density at radius 1 is 1.11 bits per heavy atom. The molecule has 0 atom stereocenters. The molecule has 1 aromatic heterocycles. The van der Waals surface area contributed by atoms with Gasteiger partial charge in [-0.2, -0.15) is 5.10 Å². The largest absolute Gasteiger partial charge is 0.494 e. The van der Waals surface area contributed by atoms with E-state index in [0.717, 1.165) is 11.3 Å². The smallest absolute Gasteiger partial charge is 0.260 e. The van der Waals surface area contributed by atoms with Crippen LogP contribution in [0.2, 0.25) is 0 Å². The minimum Gasteiger partial charge on any atom is -0.494 e. The van der Waals surface area contributed by atoms with E-state index in [1.807, 2.05) is 73.6 Å². The Kier molecular flexibility index (Phi) is 4.19. The van der Waals surface area contributed by atoms with E-state index in [9.17, 15) is 9.90 Å². The van der Waals surface area contributed by atoms with Crippen LogP contribution in [0.15, 0.2) is 64.5 Å². The molecule has 7 nitrogen and oxygen atoms in total. The molecule has 0 radical (unpaired) electrons. The summed E-state index contributed by atoms with van der Waals surface area (Å²) in [5.74, 6) is -0.347. The van der Waals surface area contributed by atoms with Crippen LogP contribution in [0.25, 0.3) is 6.08 Å². The number of pyridine rings is 1. The van der Waals surface area contributed by atoms with Crippen molar-refractivity contribution in [1.29, 1.82) is 5.41 Å². The molecule has 0 aliphatic carbocycles. The van der Waals surface area contributed by atoms with Crippen molar-refractivity contribution < 1.29 is 5.11 Å². The summed E-state index contributed by atoms with van der Waals surface area (Å²) in [7, 11) is 3.91. The predicted octanol–water partition coefficient (Wildman–Crippen LogP) is 1.36. The summed E-state index contributed by atoms with van der Waals surface area (Å²) in [5, 5.41) is 25.1. The molecule has 0 saturated heterocycles. The molecule has 0 bridgehead atoms. The fourth-order valence-electron chi connectivity index (χ4n) is 3.10. The first-order chi connectivity index (χ1) is 13.5. The van der Waals surface area contributed by atoms with Gasteiger partial charge in [0.2, 0.25) is 5.88 Å². The molecule has 7 heteroatoms. The minimum atomic E-state index is -0.459. The molecule has 2 heterocycles. The number of H-pyrrole nitrogens is 1. The van der Waals surface area contributed by atoms with Crippen LogP contribution in [0.5, 0.6) is 5.88 Å². The van der Waals surface area contributed by atoms with Crippen LogP contribution in [0.1, 0.15) is 11.1 Å². The maximum absolute atomic E-state index is 12.5. The lowest BCUT2D eigenvalue weighted by atomic mass is 10.1. The number of amidine groups is 1. The number of fused-ring (bicyclic) bond motifs is 1. The van der Waals surface area contributed by atoms with E-state index in [1.54, 1.807) is 6.08 Å². The van der Waals surface area contributed by atoms with E-state index < -0.39 is 5.56 Å². The molecular formula is C21H19N5O2. The Balaban J connectivity index is 1.91. The highest BCUT2D eigenvalue weighted by molar-refractivity contribution is 6.10. The van der Waals surface area contributed by atoms with Gasteiger partial charge in [0.1, 0.15) is 10.9 Å². The third-order valence-corrected chi connectivity index (χ3v) is 4.58. The molecule has 28 heavy (non-hydrogen) atoms. The summed E-state index contributed by atoms with van der Waals surface area (Å²) in [4.78, 5) is 16.9. The summed E-state index contributed by atoms with van der Waals surface area (Å²) in [6.07, 6.45) is 1.71. The van der Waals surface area contributed by atoms with Crippen molar-refractivity contribution in [1.82, 2.24) is 4.98 Å². The molecule has 0 unspecified atom stereocenters. The zero-order valence-electron chi connectivity index (χ0n) is 15.5. The van der Waals surface area contributed by atoms with Gasteiger partial charge in [0.05, 0.1) is 10.9 Å². The van der Waals surface area contributed by atoms with Gasteiger partial charge >= 0.3 is 0 Å². The molecule has 2 aromatic carbocycles. The van der Waals surface area contributed by atoms with Gasteiger partial charge in [-0.05, 0) is 35.9 Å². The Morgan fingerprint density at radius 2 is 1.79 bits per heavy atom. The van der Waals surface area contributed by atoms with Gasteiger partial charge in [0.25, 0.3) is 5.56 Å². The second-order valence-corrected chi connectivity index (χ2v) is 6.67. The minimum absolute atomic E-state index is 0.00700. The fourth-order valence-corrected chi connectivity index (χ4v) is 3.10. The molecule has 0 amide bonds. The van der Waals surface area contributed by atoms with Crippen LogP contribution in [0.4, 0.5) is 11.4 Å². The Morgan fingerprint density at radius 3 is 2.43 bits per heavy atom. The van der Waals surface area contributed by atoms with Gasteiger partial charge in [0.15, 0.2) is 5.84 Å². The zero-order valence-corrected chi connectivity index (χ0v) is 15.5. The van der Waals surface area contributed by atoms with Crippen LogP contribution in [-0.4, -0.2) is 30.0 Å². The lowest BCUT2D eigenvalue weighted by Crippen LogP contribution is -2.42. The van der Waals surface area contributed by atoms with E-state index in [-0.39, 0.29) is 22.6 Å². The van der Waals surface area contributed by atoms with Crippen LogP contribution in [0.3, 0.4) is 0 Å². The number of aromatic hydroxyl groups is 1. The first kappa shape index (κ1) is 17.5. The number of benzene rings is 2. The van der Waals surface area contributed by atoms with Crippen molar-refractivity contribution in [2.24, 2.45) is 5.10 Å². The van der Waals surface area contributed by atoms with Crippen LogP contribution in [0, 0.1) is 5.41 Å². The van der Waals surface area contributed by atoms with Gasteiger partial charge in [0, 0.05) is 19.8 Å². The summed E-state index contributed by atoms with van der Waals surface area (Å²) in [6.45, 7) is 0. The number of aromatic amines is 1. The van der Waals surface area contributed by atoms with Crippen LogP contribution < -0.4 is 26.0 Å². The van der Waals surface area contributed by atoms with Crippen molar-refractivity contribution in [3.05, 3.63) is 86.7 Å². The van der Waals surface area contributed by atoms with Crippen molar-refractivity contribution in [2.75, 3.05) is 24.0 Å². The number of rotatable bonds is 3. The SMILES string of the molecule is CN(C)c1ccc(C=c2c(=O)[nH]c(O)c3c2=NN(c2ccccc2)C3=N)cc1. The highest BCUT2D eigenvalue weighted by Gasteiger charge is 2.26. The van der Waals surface area contributed by atoms with E-state index in [4.69, 9.17) is 5.41 Å². The first-order valence-corrected chi connectivity index (χ1v) is 8.73. The average molecular weight is 373 g/mol. The maximum atomic E-state index is 12.5. The quantitative estimate of drug-likeness (QED) is 0.646. The molecule has 3 aromatic rings. The number of hydrogen-bond acceptors (Lipinski definition) is 5. The highest BCUT2D eigenvalue weighted by atomic mass is 16.3. The van der Waals surface area contributed by atoms with Crippen LogP contribution >= 0.6 is 0 Å². The predicted molar refractivity (Wildman–Crippen MR) is 110 cm³/mol. The first-order valence-electron chi connectivity index (χ1n) is 8.73. The number of para-hydroxylation sites is 1. The topological polar surface area (TPSA) is 95.8 Å². The zero-order chi connectivity index (χ0) is 19.8. The van der Waals surface area contributed by atoms with Gasteiger partial charge in [-0.1, -0.05) is 30.3 Å². The molecule has 0 fully saturated rings. The molecular weight excluding hydrogens is 354 g/mol. The number of hydrogen-bond donors (Lipinski definition) is 3. The molecule has 1 aliphatic heterocycles. The summed E-state index contributed by atoms with van der Waals surface area (Å²) >= 11 is 0. The van der Waals surface area contributed by atoms with E-state index >= 15 is 0 Å². The van der Waals surface area contributed by atoms with Crippen molar-refractivity contribution in [2.45, 2.75) is 0 Å². The lowest BCUT2D eigenvalue weighted by molar-refractivity contribution is 0.449. The lowest BCUT2D eigenvalue weighted by Gasteiger charge is -2.13. The number of anilines is 2. The van der Waals surface area contributed by atoms with E-state index in [1.165, 1.54) is 5.01 Å². The Hall–Kier alpha value is -3.87. The Labute approximate surface area is 161 Å². The second-order valence-electron chi connectivity index (χ2n) is 6.67. The molecule has 1 aliphatic rings. The summed E-state index contributed by atoms with van der Waals surface area (Å²) < 4.78 is 0. The third kappa shape index (κ3) is 2.92. The van der Waals surface area contributed by atoms with Crippen molar-refractivity contribution >= 4 is 23.3 Å². The molecule has 0 spiro atoms. The average Bonchev–Trinajstić information content (AvgIpc) is 3.04. The van der Waals surface area contributed by atoms with Crippen LogP contribution in [-0.2, 0) is 0 Å². The monoisotopic (exact) mass is 373 g/mol. The van der Waals surface area contributed by atoms with E-state index in [2.05, 4.69) is 10.1 Å².